The molecular formula is C11H19N3O2S. The van der Waals surface area contributed by atoms with Crippen molar-refractivity contribution in [3.05, 3.63) is 23.8 Å². The van der Waals surface area contributed by atoms with Crippen LogP contribution in [0.4, 0.5) is 11.4 Å². The van der Waals surface area contributed by atoms with Crippen LogP contribution in [-0.2, 0) is 10.0 Å². The Labute approximate surface area is 103 Å². The minimum atomic E-state index is -3.16. The van der Waals surface area contributed by atoms with Crippen LogP contribution in [0.5, 0.6) is 0 Å². The molecule has 0 aliphatic rings. The summed E-state index contributed by atoms with van der Waals surface area (Å²) in [7, 11) is -0.114. The normalized spacial score (nSPS) is 11.8. The van der Waals surface area contributed by atoms with Crippen LogP contribution in [0.15, 0.2) is 18.2 Å². The van der Waals surface area contributed by atoms with Gasteiger partial charge >= 0.3 is 0 Å². The van der Waals surface area contributed by atoms with Crippen LogP contribution >= 0.6 is 0 Å². The van der Waals surface area contributed by atoms with Gasteiger partial charge in [0.2, 0.25) is 10.0 Å². The number of nitrogen functional groups attached to an aromatic ring is 1. The second kappa shape index (κ2) is 5.37. The lowest BCUT2D eigenvalue weighted by Crippen LogP contribution is -2.28. The smallest absolute Gasteiger partial charge is 0.215 e. The molecule has 0 unspecified atom stereocenters. The number of benzene rings is 1. The van der Waals surface area contributed by atoms with Gasteiger partial charge in [-0.2, -0.15) is 0 Å². The van der Waals surface area contributed by atoms with Crippen molar-refractivity contribution in [2.45, 2.75) is 6.92 Å². The Balaban J connectivity index is 2.64. The van der Waals surface area contributed by atoms with Crippen molar-refractivity contribution in [2.75, 3.05) is 37.4 Å². The summed E-state index contributed by atoms with van der Waals surface area (Å²) in [6.45, 7) is 2.27. The van der Waals surface area contributed by atoms with Crippen LogP contribution in [0.1, 0.15) is 5.56 Å². The van der Waals surface area contributed by atoms with Gasteiger partial charge in [0.1, 0.15) is 0 Å². The van der Waals surface area contributed by atoms with Gasteiger partial charge in [-0.25, -0.2) is 12.7 Å². The quantitative estimate of drug-likeness (QED) is 0.768. The van der Waals surface area contributed by atoms with Crippen molar-refractivity contribution >= 4 is 21.4 Å². The number of para-hydroxylation sites is 1. The van der Waals surface area contributed by atoms with Crippen LogP contribution in [0, 0.1) is 6.92 Å². The first kappa shape index (κ1) is 13.8. The maximum atomic E-state index is 11.5. The number of anilines is 2. The van der Waals surface area contributed by atoms with Gasteiger partial charge in [-0.05, 0) is 18.6 Å². The van der Waals surface area contributed by atoms with E-state index >= 15 is 0 Å². The highest BCUT2D eigenvalue weighted by atomic mass is 32.2. The Hall–Kier alpha value is -1.27. The molecule has 0 fully saturated rings. The van der Waals surface area contributed by atoms with Crippen LogP contribution < -0.4 is 11.1 Å². The zero-order valence-electron chi connectivity index (χ0n) is 10.4. The molecule has 0 radical (unpaired) electrons. The fraction of sp³-hybridized carbons (Fsp3) is 0.455. The van der Waals surface area contributed by atoms with Crippen molar-refractivity contribution in [3.8, 4) is 0 Å². The molecule has 0 amide bonds. The largest absolute Gasteiger partial charge is 0.397 e. The molecule has 0 aliphatic carbocycles. The molecule has 0 spiro atoms. The lowest BCUT2D eigenvalue weighted by molar-refractivity contribution is 0.521. The fourth-order valence-corrected chi connectivity index (χ4v) is 2.14. The minimum Gasteiger partial charge on any atom is -0.397 e. The highest BCUT2D eigenvalue weighted by molar-refractivity contribution is 7.89. The van der Waals surface area contributed by atoms with Crippen molar-refractivity contribution in [2.24, 2.45) is 0 Å². The molecule has 1 aromatic carbocycles. The molecule has 0 bridgehead atoms. The Bertz CT molecular complexity index is 463. The summed E-state index contributed by atoms with van der Waals surface area (Å²) >= 11 is 0. The molecule has 96 valence electrons. The molecule has 3 N–H and O–H groups in total. The number of hydrogen-bond acceptors (Lipinski definition) is 4. The van der Waals surface area contributed by atoms with Gasteiger partial charge < -0.3 is 11.1 Å². The summed E-state index contributed by atoms with van der Waals surface area (Å²) < 4.78 is 24.3. The van der Waals surface area contributed by atoms with E-state index in [2.05, 4.69) is 5.32 Å². The number of nitrogens with two attached hydrogens (primary N) is 1. The number of sulfonamides is 1. The Morgan fingerprint density at radius 2 is 2.00 bits per heavy atom. The van der Waals surface area contributed by atoms with Gasteiger partial charge in [-0.3, -0.25) is 0 Å². The van der Waals surface area contributed by atoms with E-state index in [1.54, 1.807) is 6.07 Å². The molecule has 5 nitrogen and oxygen atoms in total. The van der Waals surface area contributed by atoms with Gasteiger partial charge in [0.15, 0.2) is 0 Å². The molecule has 0 atom stereocenters. The van der Waals surface area contributed by atoms with Gasteiger partial charge in [0.05, 0.1) is 17.1 Å². The van der Waals surface area contributed by atoms with Crippen molar-refractivity contribution in [1.82, 2.24) is 4.31 Å². The first-order valence-corrected chi connectivity index (χ1v) is 6.94. The maximum absolute atomic E-state index is 11.5. The summed E-state index contributed by atoms with van der Waals surface area (Å²) in [6.07, 6.45) is 0. The second-order valence-electron chi connectivity index (χ2n) is 4.06. The second-order valence-corrected chi connectivity index (χ2v) is 6.37. The SMILES string of the molecule is Cc1cccc(N)c1NCCS(=O)(=O)N(C)C. The van der Waals surface area contributed by atoms with Crippen molar-refractivity contribution in [3.63, 3.8) is 0 Å². The molecule has 0 saturated carbocycles. The zero-order chi connectivity index (χ0) is 13.1. The summed E-state index contributed by atoms with van der Waals surface area (Å²) in [5, 5.41) is 3.06. The first-order chi connectivity index (χ1) is 7.84. The number of nitrogens with zero attached hydrogens (tertiary/aromatic N) is 1. The molecule has 1 aromatic rings. The van der Waals surface area contributed by atoms with E-state index in [1.165, 1.54) is 18.4 Å². The van der Waals surface area contributed by atoms with Crippen molar-refractivity contribution in [1.29, 1.82) is 0 Å². The van der Waals surface area contributed by atoms with E-state index in [0.717, 1.165) is 11.3 Å². The van der Waals surface area contributed by atoms with Crippen LogP contribution in [0.3, 0.4) is 0 Å². The molecule has 6 heteroatoms. The zero-order valence-corrected chi connectivity index (χ0v) is 11.2. The van der Waals surface area contributed by atoms with Crippen LogP contribution in [0.2, 0.25) is 0 Å². The maximum Gasteiger partial charge on any atom is 0.215 e. The Kier molecular flexibility index (Phi) is 4.36. The van der Waals surface area contributed by atoms with Gasteiger partial charge in [0.25, 0.3) is 0 Å². The van der Waals surface area contributed by atoms with E-state index in [4.69, 9.17) is 5.73 Å². The summed E-state index contributed by atoms with van der Waals surface area (Å²) in [5.41, 5.74) is 8.25. The number of nitrogens with one attached hydrogen (secondary N) is 1. The van der Waals surface area contributed by atoms with Crippen LogP contribution in [-0.4, -0.2) is 39.1 Å². The van der Waals surface area contributed by atoms with E-state index in [0.29, 0.717) is 12.2 Å². The number of aryl methyl sites for hydroxylation is 1. The van der Waals surface area contributed by atoms with E-state index in [1.807, 2.05) is 19.1 Å². The minimum absolute atomic E-state index is 0.0494. The fourth-order valence-electron chi connectivity index (χ4n) is 1.42. The summed E-state index contributed by atoms with van der Waals surface area (Å²) in [6, 6.07) is 5.58. The monoisotopic (exact) mass is 257 g/mol. The molecule has 17 heavy (non-hydrogen) atoms. The summed E-state index contributed by atoms with van der Waals surface area (Å²) in [5.74, 6) is 0.0494. The Morgan fingerprint density at radius 3 is 2.53 bits per heavy atom. The lowest BCUT2D eigenvalue weighted by atomic mass is 10.1. The third kappa shape index (κ3) is 3.61. The third-order valence-corrected chi connectivity index (χ3v) is 4.36. The predicted octanol–water partition coefficient (Wildman–Crippen LogP) is 0.881. The first-order valence-electron chi connectivity index (χ1n) is 5.34. The van der Waals surface area contributed by atoms with Gasteiger partial charge in [0, 0.05) is 20.6 Å². The highest BCUT2D eigenvalue weighted by Gasteiger charge is 2.13. The summed E-state index contributed by atoms with van der Waals surface area (Å²) in [4.78, 5) is 0. The predicted molar refractivity (Wildman–Crippen MR) is 71.6 cm³/mol. The standard InChI is InChI=1S/C11H19N3O2S/c1-9-5-4-6-10(12)11(9)13-7-8-17(15,16)14(2)3/h4-6,13H,7-8,12H2,1-3H3. The molecule has 0 heterocycles. The lowest BCUT2D eigenvalue weighted by Gasteiger charge is -2.14. The van der Waals surface area contributed by atoms with Crippen molar-refractivity contribution < 1.29 is 8.42 Å². The number of hydrogen-bond donors (Lipinski definition) is 2. The Morgan fingerprint density at radius 1 is 1.35 bits per heavy atom. The highest BCUT2D eigenvalue weighted by Crippen LogP contribution is 2.21. The van der Waals surface area contributed by atoms with Gasteiger partial charge in [-0.1, -0.05) is 12.1 Å². The molecule has 0 saturated heterocycles. The molecule has 0 aromatic heterocycles. The van der Waals surface area contributed by atoms with E-state index in [-0.39, 0.29) is 5.75 Å². The van der Waals surface area contributed by atoms with Crippen LogP contribution in [0.25, 0.3) is 0 Å². The third-order valence-electron chi connectivity index (χ3n) is 2.52. The average Bonchev–Trinajstić information content (AvgIpc) is 2.22. The average molecular weight is 257 g/mol. The van der Waals surface area contributed by atoms with E-state index in [9.17, 15) is 8.42 Å². The molecule has 1 rings (SSSR count). The topological polar surface area (TPSA) is 75.4 Å². The molecular weight excluding hydrogens is 238 g/mol. The molecule has 0 aliphatic heterocycles. The van der Waals surface area contributed by atoms with E-state index < -0.39 is 10.0 Å². The number of rotatable bonds is 5. The van der Waals surface area contributed by atoms with Gasteiger partial charge in [-0.15, -0.1) is 0 Å².